The molecule has 0 saturated heterocycles. The fourth-order valence-electron chi connectivity index (χ4n) is 3.01. The number of rotatable bonds is 6. The molecule has 1 aliphatic rings. The predicted molar refractivity (Wildman–Crippen MR) is 79.0 cm³/mol. The highest BCUT2D eigenvalue weighted by atomic mass is 32.2. The Bertz CT molecular complexity index is 461. The van der Waals surface area contributed by atoms with Crippen LogP contribution < -0.4 is 0 Å². The minimum Gasteiger partial charge on any atom is -0.481 e. The van der Waals surface area contributed by atoms with Crippen LogP contribution >= 0.6 is 11.8 Å². The van der Waals surface area contributed by atoms with E-state index in [9.17, 15) is 4.79 Å². The normalized spacial score (nSPS) is 22.9. The lowest BCUT2D eigenvalue weighted by atomic mass is 9.84. The smallest absolute Gasteiger partial charge is 0.313 e. The third kappa shape index (κ3) is 3.53. The van der Waals surface area contributed by atoms with E-state index in [2.05, 4.69) is 28.6 Å². The van der Waals surface area contributed by atoms with Crippen molar-refractivity contribution in [3.8, 4) is 0 Å². The number of nitrogens with zero attached hydrogens (tertiary/aromatic N) is 3. The van der Waals surface area contributed by atoms with Crippen LogP contribution in [-0.2, 0) is 11.2 Å². The van der Waals surface area contributed by atoms with Gasteiger partial charge in [0.2, 0.25) is 0 Å². The molecular formula is C14H23N3O2S. The molecule has 0 aliphatic heterocycles. The number of carboxylic acids is 1. The Labute approximate surface area is 124 Å². The summed E-state index contributed by atoms with van der Waals surface area (Å²) in [5.74, 6) is 1.00. The maximum absolute atomic E-state index is 10.8. The fraction of sp³-hybridized carbons (Fsp3) is 0.786. The van der Waals surface area contributed by atoms with Gasteiger partial charge in [-0.15, -0.1) is 10.2 Å². The maximum atomic E-state index is 10.8. The molecule has 1 fully saturated rings. The first-order valence-electron chi connectivity index (χ1n) is 7.44. The molecule has 0 spiro atoms. The van der Waals surface area contributed by atoms with Crippen LogP contribution in [0.15, 0.2) is 5.16 Å². The van der Waals surface area contributed by atoms with Gasteiger partial charge >= 0.3 is 5.97 Å². The summed E-state index contributed by atoms with van der Waals surface area (Å²) in [4.78, 5) is 10.8. The molecule has 1 aromatic heterocycles. The van der Waals surface area contributed by atoms with Gasteiger partial charge in [-0.3, -0.25) is 4.79 Å². The van der Waals surface area contributed by atoms with E-state index in [4.69, 9.17) is 5.11 Å². The summed E-state index contributed by atoms with van der Waals surface area (Å²) in [6.07, 6.45) is 6.94. The van der Waals surface area contributed by atoms with Crippen LogP contribution in [0.5, 0.6) is 0 Å². The first kappa shape index (κ1) is 15.4. The monoisotopic (exact) mass is 297 g/mol. The highest BCUT2D eigenvalue weighted by molar-refractivity contribution is 7.99. The zero-order valence-electron chi connectivity index (χ0n) is 12.2. The van der Waals surface area contributed by atoms with Gasteiger partial charge in [0.1, 0.15) is 5.82 Å². The minimum absolute atomic E-state index is 0.0474. The molecule has 1 aliphatic carbocycles. The number of hydrogen-bond acceptors (Lipinski definition) is 4. The fourth-order valence-corrected chi connectivity index (χ4v) is 3.75. The van der Waals surface area contributed by atoms with Gasteiger partial charge in [-0.05, 0) is 18.8 Å². The number of aliphatic carboxylic acids is 1. The molecule has 2 unspecified atom stereocenters. The van der Waals surface area contributed by atoms with Gasteiger partial charge in [-0.2, -0.15) is 0 Å². The highest BCUT2D eigenvalue weighted by Gasteiger charge is 2.26. The first-order valence-corrected chi connectivity index (χ1v) is 8.42. The van der Waals surface area contributed by atoms with Crippen molar-refractivity contribution in [3.05, 3.63) is 5.82 Å². The zero-order chi connectivity index (χ0) is 14.5. The van der Waals surface area contributed by atoms with E-state index in [1.165, 1.54) is 37.4 Å². The molecule has 1 aromatic rings. The number of carbonyl (C=O) groups is 1. The van der Waals surface area contributed by atoms with Gasteiger partial charge < -0.3 is 9.67 Å². The van der Waals surface area contributed by atoms with Crippen molar-refractivity contribution < 1.29 is 9.90 Å². The lowest BCUT2D eigenvalue weighted by Gasteiger charge is -2.30. The van der Waals surface area contributed by atoms with Gasteiger partial charge in [0.05, 0.1) is 5.75 Å². The summed E-state index contributed by atoms with van der Waals surface area (Å²) in [5.41, 5.74) is 0. The van der Waals surface area contributed by atoms with Crippen molar-refractivity contribution in [1.29, 1.82) is 0 Å². The van der Waals surface area contributed by atoms with Gasteiger partial charge in [-0.25, -0.2) is 0 Å². The summed E-state index contributed by atoms with van der Waals surface area (Å²) in [6, 6.07) is 0.440. The molecular weight excluding hydrogens is 274 g/mol. The Morgan fingerprint density at radius 3 is 2.85 bits per heavy atom. The Hall–Kier alpha value is -1.04. The second-order valence-electron chi connectivity index (χ2n) is 5.40. The molecule has 0 bridgehead atoms. The second-order valence-corrected chi connectivity index (χ2v) is 6.34. The average molecular weight is 297 g/mol. The molecule has 112 valence electrons. The molecule has 0 amide bonds. The van der Waals surface area contributed by atoms with E-state index in [1.807, 2.05) is 0 Å². The molecule has 6 heteroatoms. The largest absolute Gasteiger partial charge is 0.481 e. The average Bonchev–Trinajstić information content (AvgIpc) is 2.88. The summed E-state index contributed by atoms with van der Waals surface area (Å²) in [6.45, 7) is 4.33. The second kappa shape index (κ2) is 7.11. The topological polar surface area (TPSA) is 68.0 Å². The van der Waals surface area contributed by atoms with E-state index < -0.39 is 5.97 Å². The third-order valence-electron chi connectivity index (χ3n) is 4.07. The summed E-state index contributed by atoms with van der Waals surface area (Å²) in [7, 11) is 0. The summed E-state index contributed by atoms with van der Waals surface area (Å²) < 4.78 is 2.20. The maximum Gasteiger partial charge on any atom is 0.313 e. The predicted octanol–water partition coefficient (Wildman–Crippen LogP) is 3.16. The number of hydrogen-bond donors (Lipinski definition) is 1. The lowest BCUT2D eigenvalue weighted by molar-refractivity contribution is -0.133. The zero-order valence-corrected chi connectivity index (χ0v) is 13.0. The van der Waals surface area contributed by atoms with Crippen LogP contribution in [0.25, 0.3) is 0 Å². The van der Waals surface area contributed by atoms with E-state index in [0.29, 0.717) is 6.04 Å². The minimum atomic E-state index is -0.808. The first-order chi connectivity index (χ1) is 9.65. The molecule has 0 aromatic carbocycles. The van der Waals surface area contributed by atoms with E-state index in [-0.39, 0.29) is 5.75 Å². The van der Waals surface area contributed by atoms with Crippen molar-refractivity contribution >= 4 is 17.7 Å². The number of aromatic nitrogens is 3. The molecule has 2 atom stereocenters. The van der Waals surface area contributed by atoms with Gasteiger partial charge in [-0.1, -0.05) is 44.9 Å². The Kier molecular flexibility index (Phi) is 5.46. The van der Waals surface area contributed by atoms with Crippen LogP contribution in [0.2, 0.25) is 0 Å². The van der Waals surface area contributed by atoms with Crippen molar-refractivity contribution in [1.82, 2.24) is 14.8 Å². The molecule has 2 rings (SSSR count). The van der Waals surface area contributed by atoms with Gasteiger partial charge in [0.25, 0.3) is 0 Å². The molecule has 20 heavy (non-hydrogen) atoms. The van der Waals surface area contributed by atoms with Crippen molar-refractivity contribution in [2.75, 3.05) is 5.75 Å². The quantitative estimate of drug-likeness (QED) is 0.817. The molecule has 0 radical (unpaired) electrons. The van der Waals surface area contributed by atoms with Crippen LogP contribution in [-0.4, -0.2) is 31.6 Å². The Morgan fingerprint density at radius 2 is 2.20 bits per heavy atom. The number of aryl methyl sites for hydroxylation is 1. The van der Waals surface area contributed by atoms with E-state index in [0.717, 1.165) is 29.7 Å². The van der Waals surface area contributed by atoms with Crippen LogP contribution in [0, 0.1) is 5.92 Å². The van der Waals surface area contributed by atoms with E-state index in [1.54, 1.807) is 0 Å². The van der Waals surface area contributed by atoms with Crippen molar-refractivity contribution in [2.24, 2.45) is 5.92 Å². The van der Waals surface area contributed by atoms with Gasteiger partial charge in [0.15, 0.2) is 5.16 Å². The number of carboxylic acid groups (broad SMARTS) is 1. The third-order valence-corrected chi connectivity index (χ3v) is 5.00. The van der Waals surface area contributed by atoms with E-state index >= 15 is 0 Å². The SMILES string of the molecule is CCc1nnc(SCC(=O)O)n1C1CCCC(CC)C1. The molecule has 1 heterocycles. The van der Waals surface area contributed by atoms with Crippen LogP contribution in [0.4, 0.5) is 0 Å². The standard InChI is InChI=1S/C14H23N3O2S/c1-3-10-6-5-7-11(8-10)17-12(4-2)15-16-14(17)20-9-13(18)19/h10-11H,3-9H2,1-2H3,(H,18,19). The molecule has 5 nitrogen and oxygen atoms in total. The Balaban J connectivity index is 2.18. The summed E-state index contributed by atoms with van der Waals surface area (Å²) >= 11 is 1.28. The highest BCUT2D eigenvalue weighted by Crippen LogP contribution is 2.36. The summed E-state index contributed by atoms with van der Waals surface area (Å²) in [5, 5.41) is 18.0. The number of thioether (sulfide) groups is 1. The van der Waals surface area contributed by atoms with Crippen LogP contribution in [0.3, 0.4) is 0 Å². The Morgan fingerprint density at radius 1 is 1.40 bits per heavy atom. The molecule has 1 saturated carbocycles. The lowest BCUT2D eigenvalue weighted by Crippen LogP contribution is -2.21. The van der Waals surface area contributed by atoms with Crippen molar-refractivity contribution in [3.63, 3.8) is 0 Å². The molecule has 1 N–H and O–H groups in total. The van der Waals surface area contributed by atoms with Crippen LogP contribution in [0.1, 0.15) is 57.8 Å². The van der Waals surface area contributed by atoms with Gasteiger partial charge in [0, 0.05) is 12.5 Å². The van der Waals surface area contributed by atoms with Crippen molar-refractivity contribution in [2.45, 2.75) is 63.6 Å².